The predicted molar refractivity (Wildman–Crippen MR) is 74.2 cm³/mol. The van der Waals surface area contributed by atoms with Gasteiger partial charge in [-0.15, -0.1) is 0 Å². The Kier molecular flexibility index (Phi) is 6.96. The minimum atomic E-state index is -0.0418. The van der Waals surface area contributed by atoms with Crippen LogP contribution in [-0.2, 0) is 9.59 Å². The second-order valence-electron chi connectivity index (χ2n) is 5.65. The van der Waals surface area contributed by atoms with E-state index in [-0.39, 0.29) is 29.7 Å². The Balaban J connectivity index is 4.22. The Morgan fingerprint density at radius 1 is 0.944 bits per heavy atom. The van der Waals surface area contributed by atoms with E-state index in [0.717, 1.165) is 0 Å². The molecule has 18 heavy (non-hydrogen) atoms. The van der Waals surface area contributed by atoms with Gasteiger partial charge in [0.05, 0.1) is 0 Å². The van der Waals surface area contributed by atoms with E-state index in [1.54, 1.807) is 16.8 Å². The topological polar surface area (TPSA) is 40.6 Å². The molecule has 0 aromatic carbocycles. The molecular weight excluding hydrogens is 228 g/mol. The minimum Gasteiger partial charge on any atom is -0.346 e. The number of hydrogen-bond acceptors (Lipinski definition) is 2. The average molecular weight is 256 g/mol. The second-order valence-corrected chi connectivity index (χ2v) is 5.65. The molecule has 106 valence electrons. The molecule has 1 atom stereocenters. The maximum atomic E-state index is 12.0. The summed E-state index contributed by atoms with van der Waals surface area (Å²) in [6.45, 7) is 10.3. The summed E-state index contributed by atoms with van der Waals surface area (Å²) in [6.07, 6.45) is 0.713. The highest BCUT2D eigenvalue weighted by Crippen LogP contribution is 2.10. The number of nitrogens with zero attached hydrogens (tertiary/aromatic N) is 2. The lowest BCUT2D eigenvalue weighted by atomic mass is 10.0. The van der Waals surface area contributed by atoms with E-state index >= 15 is 0 Å². The second kappa shape index (κ2) is 7.39. The van der Waals surface area contributed by atoms with Crippen LogP contribution in [0.4, 0.5) is 0 Å². The molecule has 0 aliphatic carbocycles. The van der Waals surface area contributed by atoms with Gasteiger partial charge in [-0.05, 0) is 20.3 Å². The van der Waals surface area contributed by atoms with Crippen molar-refractivity contribution in [2.45, 2.75) is 47.1 Å². The van der Waals surface area contributed by atoms with Crippen molar-refractivity contribution in [1.82, 2.24) is 9.80 Å². The van der Waals surface area contributed by atoms with Crippen molar-refractivity contribution in [3.8, 4) is 0 Å². The first-order valence-electron chi connectivity index (χ1n) is 6.70. The summed E-state index contributed by atoms with van der Waals surface area (Å²) in [7, 11) is 3.62. The first-order valence-corrected chi connectivity index (χ1v) is 6.70. The molecule has 0 fully saturated rings. The van der Waals surface area contributed by atoms with Crippen LogP contribution in [0.15, 0.2) is 0 Å². The highest BCUT2D eigenvalue weighted by atomic mass is 16.2. The summed E-state index contributed by atoms with van der Waals surface area (Å²) in [5.74, 6) is 0.251. The molecular formula is C14H28N2O2. The third kappa shape index (κ3) is 5.07. The normalized spacial score (nSPS) is 12.7. The van der Waals surface area contributed by atoms with Gasteiger partial charge in [0.2, 0.25) is 11.8 Å². The first-order chi connectivity index (χ1) is 8.18. The van der Waals surface area contributed by atoms with Crippen molar-refractivity contribution in [2.24, 2.45) is 11.8 Å². The molecule has 0 aliphatic heterocycles. The summed E-state index contributed by atoms with van der Waals surface area (Å²) >= 11 is 0. The number of carbonyl (C=O) groups excluding carboxylic acids is 2. The molecule has 0 radical (unpaired) electrons. The highest BCUT2D eigenvalue weighted by Gasteiger charge is 2.21. The van der Waals surface area contributed by atoms with Crippen molar-refractivity contribution in [1.29, 1.82) is 0 Å². The van der Waals surface area contributed by atoms with Crippen molar-refractivity contribution in [2.75, 3.05) is 20.6 Å². The van der Waals surface area contributed by atoms with Gasteiger partial charge in [0.25, 0.3) is 0 Å². The van der Waals surface area contributed by atoms with E-state index in [2.05, 4.69) is 0 Å². The van der Waals surface area contributed by atoms with Crippen LogP contribution >= 0.6 is 0 Å². The minimum absolute atomic E-state index is 0.0133. The fourth-order valence-electron chi connectivity index (χ4n) is 1.66. The molecule has 0 saturated heterocycles. The monoisotopic (exact) mass is 256 g/mol. The SMILES string of the molecule is CC(C)C(=O)N(C)CCC(C)C(=O)N(C)C(C)C. The summed E-state index contributed by atoms with van der Waals surface area (Å²) in [6, 6.07) is 0.218. The van der Waals surface area contributed by atoms with Crippen LogP contribution in [0.1, 0.15) is 41.0 Å². The van der Waals surface area contributed by atoms with Crippen LogP contribution in [-0.4, -0.2) is 48.3 Å². The molecule has 0 heterocycles. The van der Waals surface area contributed by atoms with Gasteiger partial charge < -0.3 is 9.80 Å². The molecule has 0 aromatic rings. The smallest absolute Gasteiger partial charge is 0.225 e. The third-order valence-corrected chi connectivity index (χ3v) is 3.31. The van der Waals surface area contributed by atoms with Gasteiger partial charge in [0, 0.05) is 38.5 Å². The van der Waals surface area contributed by atoms with Gasteiger partial charge >= 0.3 is 0 Å². The number of hydrogen-bond donors (Lipinski definition) is 0. The fourth-order valence-corrected chi connectivity index (χ4v) is 1.66. The van der Waals surface area contributed by atoms with Crippen LogP contribution < -0.4 is 0 Å². The van der Waals surface area contributed by atoms with Gasteiger partial charge in [0.1, 0.15) is 0 Å². The molecule has 0 rings (SSSR count). The maximum absolute atomic E-state index is 12.0. The van der Waals surface area contributed by atoms with E-state index in [1.165, 1.54) is 0 Å². The zero-order chi connectivity index (χ0) is 14.5. The number of carbonyl (C=O) groups is 2. The van der Waals surface area contributed by atoms with Crippen molar-refractivity contribution >= 4 is 11.8 Å². The Labute approximate surface area is 111 Å². The third-order valence-electron chi connectivity index (χ3n) is 3.31. The van der Waals surface area contributed by atoms with Crippen LogP contribution in [0.25, 0.3) is 0 Å². The van der Waals surface area contributed by atoms with E-state index in [9.17, 15) is 9.59 Å². The quantitative estimate of drug-likeness (QED) is 0.729. The summed E-state index contributed by atoms with van der Waals surface area (Å²) < 4.78 is 0. The zero-order valence-corrected chi connectivity index (χ0v) is 12.9. The molecule has 0 aliphatic rings. The van der Waals surface area contributed by atoms with Crippen molar-refractivity contribution in [3.63, 3.8) is 0 Å². The Morgan fingerprint density at radius 3 is 1.83 bits per heavy atom. The van der Waals surface area contributed by atoms with Gasteiger partial charge in [-0.3, -0.25) is 9.59 Å². The lowest BCUT2D eigenvalue weighted by Crippen LogP contribution is -2.38. The van der Waals surface area contributed by atoms with Crippen molar-refractivity contribution < 1.29 is 9.59 Å². The van der Waals surface area contributed by atoms with Gasteiger partial charge in [-0.1, -0.05) is 20.8 Å². The lowest BCUT2D eigenvalue weighted by Gasteiger charge is -2.26. The van der Waals surface area contributed by atoms with E-state index in [4.69, 9.17) is 0 Å². The molecule has 0 aromatic heterocycles. The lowest BCUT2D eigenvalue weighted by molar-refractivity contribution is -0.137. The fraction of sp³-hybridized carbons (Fsp3) is 0.857. The molecule has 2 amide bonds. The van der Waals surface area contributed by atoms with Crippen LogP contribution in [0, 0.1) is 11.8 Å². The molecule has 0 saturated carbocycles. The maximum Gasteiger partial charge on any atom is 0.225 e. The van der Waals surface area contributed by atoms with E-state index < -0.39 is 0 Å². The molecule has 0 spiro atoms. The Morgan fingerprint density at radius 2 is 1.44 bits per heavy atom. The van der Waals surface area contributed by atoms with Gasteiger partial charge in [-0.2, -0.15) is 0 Å². The summed E-state index contributed by atoms with van der Waals surface area (Å²) in [5.41, 5.74) is 0. The van der Waals surface area contributed by atoms with Gasteiger partial charge in [-0.25, -0.2) is 0 Å². The molecule has 4 heteroatoms. The number of rotatable bonds is 6. The van der Waals surface area contributed by atoms with Gasteiger partial charge in [0.15, 0.2) is 0 Å². The van der Waals surface area contributed by atoms with E-state index in [1.807, 2.05) is 41.7 Å². The summed E-state index contributed by atoms with van der Waals surface area (Å²) in [4.78, 5) is 27.2. The zero-order valence-electron chi connectivity index (χ0n) is 12.9. The molecule has 0 N–H and O–H groups in total. The number of amides is 2. The predicted octanol–water partition coefficient (Wildman–Crippen LogP) is 1.99. The van der Waals surface area contributed by atoms with Crippen molar-refractivity contribution in [3.05, 3.63) is 0 Å². The standard InChI is InChI=1S/C14H28N2O2/c1-10(2)13(17)15(6)9-8-12(5)14(18)16(7)11(3)4/h10-12H,8-9H2,1-7H3. The largest absolute Gasteiger partial charge is 0.346 e. The average Bonchev–Trinajstić information content (AvgIpc) is 2.32. The highest BCUT2D eigenvalue weighted by molar-refractivity contribution is 5.79. The van der Waals surface area contributed by atoms with Crippen LogP contribution in [0.5, 0.6) is 0 Å². The Hall–Kier alpha value is -1.06. The van der Waals surface area contributed by atoms with Crippen LogP contribution in [0.2, 0.25) is 0 Å². The molecule has 4 nitrogen and oxygen atoms in total. The van der Waals surface area contributed by atoms with E-state index in [0.29, 0.717) is 13.0 Å². The molecule has 0 bridgehead atoms. The Bertz CT molecular complexity index is 288. The molecule has 1 unspecified atom stereocenters. The first kappa shape index (κ1) is 16.9. The summed E-state index contributed by atoms with van der Waals surface area (Å²) in [5, 5.41) is 0. The van der Waals surface area contributed by atoms with Crippen LogP contribution in [0.3, 0.4) is 0 Å².